The van der Waals surface area contributed by atoms with Crippen molar-refractivity contribution in [3.05, 3.63) is 35.1 Å². The number of halogens is 1. The second kappa shape index (κ2) is 3.91. The van der Waals surface area contributed by atoms with Crippen molar-refractivity contribution in [1.29, 1.82) is 0 Å². The molecule has 0 radical (unpaired) electrons. The third kappa shape index (κ3) is 2.03. The lowest BCUT2D eigenvalue weighted by Gasteiger charge is -2.35. The zero-order valence-corrected chi connectivity index (χ0v) is 8.92. The smallest absolute Gasteiger partial charge is 0.123 e. The predicted molar refractivity (Wildman–Crippen MR) is 57.1 cm³/mol. The molecule has 2 rings (SSSR count). The second-order valence-electron chi connectivity index (χ2n) is 4.23. The molecule has 0 aliphatic carbocycles. The maximum Gasteiger partial charge on any atom is 0.123 e. The summed E-state index contributed by atoms with van der Waals surface area (Å²) in [5, 5.41) is 0. The molecule has 0 atom stereocenters. The molecule has 0 bridgehead atoms. The summed E-state index contributed by atoms with van der Waals surface area (Å²) in [5.41, 5.74) is 7.87. The van der Waals surface area contributed by atoms with Crippen LogP contribution in [-0.2, 0) is 10.3 Å². The van der Waals surface area contributed by atoms with Crippen molar-refractivity contribution in [2.75, 3.05) is 13.2 Å². The van der Waals surface area contributed by atoms with Gasteiger partial charge in [-0.15, -0.1) is 0 Å². The van der Waals surface area contributed by atoms with E-state index in [-0.39, 0.29) is 5.82 Å². The van der Waals surface area contributed by atoms with Gasteiger partial charge in [0.15, 0.2) is 0 Å². The third-order valence-electron chi connectivity index (χ3n) is 3.12. The molecular formula is C12H16FNO. The first kappa shape index (κ1) is 10.6. The van der Waals surface area contributed by atoms with Crippen molar-refractivity contribution >= 4 is 0 Å². The first-order chi connectivity index (χ1) is 7.12. The van der Waals surface area contributed by atoms with Crippen molar-refractivity contribution in [2.45, 2.75) is 25.3 Å². The van der Waals surface area contributed by atoms with E-state index in [1.54, 1.807) is 12.1 Å². The van der Waals surface area contributed by atoms with Crippen LogP contribution in [0.15, 0.2) is 18.2 Å². The highest BCUT2D eigenvalue weighted by molar-refractivity contribution is 5.33. The van der Waals surface area contributed by atoms with Gasteiger partial charge < -0.3 is 10.5 Å². The van der Waals surface area contributed by atoms with Crippen LogP contribution < -0.4 is 5.73 Å². The average Bonchev–Trinajstić information content (AvgIpc) is 2.23. The molecule has 2 N–H and O–H groups in total. The molecule has 1 aliphatic rings. The largest absolute Gasteiger partial charge is 0.381 e. The minimum absolute atomic E-state index is 0.216. The minimum Gasteiger partial charge on any atom is -0.381 e. The molecule has 1 heterocycles. The molecule has 0 unspecified atom stereocenters. The quantitative estimate of drug-likeness (QED) is 0.768. The molecule has 3 heteroatoms. The van der Waals surface area contributed by atoms with Crippen LogP contribution in [0.25, 0.3) is 0 Å². The molecule has 15 heavy (non-hydrogen) atoms. The van der Waals surface area contributed by atoms with E-state index in [2.05, 4.69) is 0 Å². The molecule has 0 aromatic heterocycles. The fourth-order valence-corrected chi connectivity index (χ4v) is 2.14. The van der Waals surface area contributed by atoms with Gasteiger partial charge in [0.1, 0.15) is 5.82 Å². The highest BCUT2D eigenvalue weighted by Crippen LogP contribution is 2.31. The normalized spacial score (nSPS) is 20.2. The van der Waals surface area contributed by atoms with Crippen LogP contribution in [0.3, 0.4) is 0 Å². The van der Waals surface area contributed by atoms with Crippen molar-refractivity contribution in [2.24, 2.45) is 5.73 Å². The Balaban J connectivity index is 2.38. The van der Waals surface area contributed by atoms with Gasteiger partial charge in [-0.2, -0.15) is 0 Å². The molecule has 2 nitrogen and oxygen atoms in total. The van der Waals surface area contributed by atoms with Crippen molar-refractivity contribution < 1.29 is 9.13 Å². The van der Waals surface area contributed by atoms with Gasteiger partial charge >= 0.3 is 0 Å². The van der Waals surface area contributed by atoms with E-state index >= 15 is 0 Å². The monoisotopic (exact) mass is 209 g/mol. The van der Waals surface area contributed by atoms with Crippen molar-refractivity contribution in [1.82, 2.24) is 0 Å². The SMILES string of the molecule is Cc1ccc(F)cc1C1(N)CCOCC1. The van der Waals surface area contributed by atoms with Crippen LogP contribution in [0.1, 0.15) is 24.0 Å². The lowest BCUT2D eigenvalue weighted by atomic mass is 9.81. The van der Waals surface area contributed by atoms with Crippen LogP contribution in [-0.4, -0.2) is 13.2 Å². The van der Waals surface area contributed by atoms with Gasteiger partial charge in [-0.05, 0) is 43.0 Å². The Kier molecular flexibility index (Phi) is 2.76. The highest BCUT2D eigenvalue weighted by atomic mass is 19.1. The first-order valence-electron chi connectivity index (χ1n) is 5.25. The lowest BCUT2D eigenvalue weighted by Crippen LogP contribution is -2.42. The maximum absolute atomic E-state index is 13.2. The van der Waals surface area contributed by atoms with Gasteiger partial charge in [0.2, 0.25) is 0 Å². The summed E-state index contributed by atoms with van der Waals surface area (Å²) in [5.74, 6) is -0.216. The van der Waals surface area contributed by atoms with Gasteiger partial charge in [-0.25, -0.2) is 4.39 Å². The van der Waals surface area contributed by atoms with Crippen LogP contribution in [0.5, 0.6) is 0 Å². The van der Waals surface area contributed by atoms with E-state index in [1.165, 1.54) is 6.07 Å². The number of ether oxygens (including phenoxy) is 1. The Morgan fingerprint density at radius 1 is 1.33 bits per heavy atom. The van der Waals surface area contributed by atoms with E-state index in [9.17, 15) is 4.39 Å². The van der Waals surface area contributed by atoms with Crippen LogP contribution in [0.4, 0.5) is 4.39 Å². The number of hydrogen-bond acceptors (Lipinski definition) is 2. The van der Waals surface area contributed by atoms with E-state index in [4.69, 9.17) is 10.5 Å². The fraction of sp³-hybridized carbons (Fsp3) is 0.500. The predicted octanol–water partition coefficient (Wildman–Crippen LogP) is 2.10. The Bertz CT molecular complexity index is 359. The Hall–Kier alpha value is -0.930. The van der Waals surface area contributed by atoms with Gasteiger partial charge in [-0.3, -0.25) is 0 Å². The molecule has 0 amide bonds. The molecule has 82 valence electrons. The fourth-order valence-electron chi connectivity index (χ4n) is 2.14. The standard InChI is InChI=1S/C12H16FNO/c1-9-2-3-10(13)8-11(9)12(14)4-6-15-7-5-12/h2-3,8H,4-7,14H2,1H3. The molecule has 1 fully saturated rings. The van der Waals surface area contributed by atoms with E-state index < -0.39 is 5.54 Å². The Morgan fingerprint density at radius 2 is 2.00 bits per heavy atom. The van der Waals surface area contributed by atoms with Crippen LogP contribution in [0.2, 0.25) is 0 Å². The summed E-state index contributed by atoms with van der Waals surface area (Å²) >= 11 is 0. The number of rotatable bonds is 1. The summed E-state index contributed by atoms with van der Waals surface area (Å²) in [6, 6.07) is 4.82. The van der Waals surface area contributed by atoms with Gasteiger partial charge in [-0.1, -0.05) is 6.07 Å². The molecule has 1 aliphatic heterocycles. The first-order valence-corrected chi connectivity index (χ1v) is 5.25. The summed E-state index contributed by atoms with van der Waals surface area (Å²) in [4.78, 5) is 0. The molecule has 1 aromatic rings. The summed E-state index contributed by atoms with van der Waals surface area (Å²) < 4.78 is 18.5. The number of nitrogens with two attached hydrogens (primary N) is 1. The van der Waals surface area contributed by atoms with Gasteiger partial charge in [0, 0.05) is 18.8 Å². The Labute approximate surface area is 89.2 Å². The average molecular weight is 209 g/mol. The van der Waals surface area contributed by atoms with E-state index in [0.717, 1.165) is 24.0 Å². The maximum atomic E-state index is 13.2. The summed E-state index contributed by atoms with van der Waals surface area (Å²) in [6.45, 7) is 3.29. The van der Waals surface area contributed by atoms with Crippen LogP contribution >= 0.6 is 0 Å². The summed E-state index contributed by atoms with van der Waals surface area (Å²) in [6.07, 6.45) is 1.52. The Morgan fingerprint density at radius 3 is 2.67 bits per heavy atom. The van der Waals surface area contributed by atoms with Gasteiger partial charge in [0.25, 0.3) is 0 Å². The third-order valence-corrected chi connectivity index (χ3v) is 3.12. The van der Waals surface area contributed by atoms with Crippen molar-refractivity contribution in [3.8, 4) is 0 Å². The minimum atomic E-state index is -0.412. The van der Waals surface area contributed by atoms with Crippen molar-refractivity contribution in [3.63, 3.8) is 0 Å². The highest BCUT2D eigenvalue weighted by Gasteiger charge is 2.31. The summed E-state index contributed by atoms with van der Waals surface area (Å²) in [7, 11) is 0. The van der Waals surface area contributed by atoms with Crippen LogP contribution in [0, 0.1) is 12.7 Å². The zero-order chi connectivity index (χ0) is 10.9. The second-order valence-corrected chi connectivity index (χ2v) is 4.23. The number of aryl methyl sites for hydroxylation is 1. The topological polar surface area (TPSA) is 35.2 Å². The number of benzene rings is 1. The molecule has 0 spiro atoms. The molecular weight excluding hydrogens is 193 g/mol. The van der Waals surface area contributed by atoms with E-state index in [0.29, 0.717) is 13.2 Å². The van der Waals surface area contributed by atoms with Gasteiger partial charge in [0.05, 0.1) is 0 Å². The zero-order valence-electron chi connectivity index (χ0n) is 8.92. The molecule has 1 aromatic carbocycles. The lowest BCUT2D eigenvalue weighted by molar-refractivity contribution is 0.0519. The molecule has 1 saturated heterocycles. The van der Waals surface area contributed by atoms with E-state index in [1.807, 2.05) is 6.92 Å². The number of hydrogen-bond donors (Lipinski definition) is 1. The molecule has 0 saturated carbocycles.